The zero-order chi connectivity index (χ0) is 12.2. The molecular weight excluding hydrogens is 262 g/mol. The molecule has 0 aromatic heterocycles. The van der Waals surface area contributed by atoms with E-state index in [0.29, 0.717) is 18.6 Å². The van der Waals surface area contributed by atoms with Crippen LogP contribution in [0.4, 0.5) is 17.3 Å². The van der Waals surface area contributed by atoms with Gasteiger partial charge in [0.15, 0.2) is 11.6 Å². The van der Waals surface area contributed by atoms with Crippen LogP contribution >= 0.6 is 0 Å². The van der Waals surface area contributed by atoms with Gasteiger partial charge in [0.05, 0.1) is 6.61 Å². The Morgan fingerprint density at radius 1 is 1.29 bits per heavy atom. The summed E-state index contributed by atoms with van der Waals surface area (Å²) in [7, 11) is 0. The topological polar surface area (TPSA) is 9.23 Å². The van der Waals surface area contributed by atoms with E-state index < -0.39 is 18.3 Å². The van der Waals surface area contributed by atoms with Gasteiger partial charge in [-0.15, -0.1) is 12.0 Å². The molecule has 0 saturated carbocycles. The summed E-state index contributed by atoms with van der Waals surface area (Å²) in [5.74, 6) is -1.17. The van der Waals surface area contributed by atoms with Gasteiger partial charge in [-0.1, -0.05) is 12.1 Å². The monoisotopic (exact) mass is 272 g/mol. The summed E-state index contributed by atoms with van der Waals surface area (Å²) in [5.41, 5.74) is -0.866. The summed E-state index contributed by atoms with van der Waals surface area (Å²) in [6, 6.07) is 2.14. The predicted molar refractivity (Wildman–Crippen MR) is 55.4 cm³/mol. The minimum absolute atomic E-state index is 0. The van der Waals surface area contributed by atoms with Crippen LogP contribution in [0.3, 0.4) is 0 Å². The molecule has 0 aliphatic carbocycles. The largest absolute Gasteiger partial charge is 1.00 e. The third-order valence-electron chi connectivity index (χ3n) is 1.91. The Morgan fingerprint density at radius 3 is 2.47 bits per heavy atom. The Balaban J connectivity index is 0.00000256. The molecule has 0 spiro atoms. The fourth-order valence-electron chi connectivity index (χ4n) is 1.09. The smallest absolute Gasteiger partial charge is 0.490 e. The first-order chi connectivity index (χ1) is 7.45. The summed E-state index contributed by atoms with van der Waals surface area (Å²) in [5, 5.41) is 0. The maximum Gasteiger partial charge on any atom is 1.00 e. The van der Waals surface area contributed by atoms with Crippen LogP contribution in [0.1, 0.15) is 6.42 Å². The third kappa shape index (κ3) is 5.57. The van der Waals surface area contributed by atoms with Crippen LogP contribution in [0, 0.1) is 5.82 Å². The first kappa shape index (κ1) is 17.2. The van der Waals surface area contributed by atoms with Crippen LogP contribution in [0.5, 0.6) is 5.75 Å². The van der Waals surface area contributed by atoms with Crippen LogP contribution < -0.4 is 61.6 Å². The van der Waals surface area contributed by atoms with Crippen molar-refractivity contribution in [2.45, 2.75) is 6.42 Å². The number of rotatable bonds is 5. The van der Waals surface area contributed by atoms with E-state index in [1.165, 1.54) is 6.08 Å². The summed E-state index contributed by atoms with van der Waals surface area (Å²) in [6.07, 6.45) is 1.98. The van der Waals surface area contributed by atoms with Crippen molar-refractivity contribution in [3.05, 3.63) is 36.7 Å². The molecule has 0 heterocycles. The minimum Gasteiger partial charge on any atom is -0.490 e. The molecule has 0 fully saturated rings. The van der Waals surface area contributed by atoms with Crippen LogP contribution in [0.25, 0.3) is 0 Å². The van der Waals surface area contributed by atoms with Crippen molar-refractivity contribution >= 4 is 12.4 Å². The zero-order valence-corrected chi connectivity index (χ0v) is 12.6. The van der Waals surface area contributed by atoms with Gasteiger partial charge in [-0.25, -0.2) is 4.39 Å². The molecule has 0 aliphatic rings. The standard InChI is InChI=1S/C10H10BF4O.K/c1-2-3-6-16-10-7-8(11(13,14)15)4-5-9(10)12;/h2,4-5,7H,1,3,6H2;/q-1;+1. The van der Waals surface area contributed by atoms with Crippen LogP contribution in [-0.2, 0) is 0 Å². The Bertz CT molecular complexity index is 381. The van der Waals surface area contributed by atoms with E-state index in [9.17, 15) is 17.3 Å². The second-order valence-corrected chi connectivity index (χ2v) is 3.19. The zero-order valence-electron chi connectivity index (χ0n) is 9.43. The minimum atomic E-state index is -5.13. The number of benzene rings is 1. The number of hydrogen-bond acceptors (Lipinski definition) is 1. The van der Waals surface area contributed by atoms with E-state index in [4.69, 9.17) is 4.74 Å². The molecule has 0 aliphatic heterocycles. The van der Waals surface area contributed by atoms with Gasteiger partial charge in [0.1, 0.15) is 0 Å². The van der Waals surface area contributed by atoms with Gasteiger partial charge in [-0.2, -0.15) is 0 Å². The van der Waals surface area contributed by atoms with Gasteiger partial charge in [-0.05, 0) is 18.6 Å². The predicted octanol–water partition coefficient (Wildman–Crippen LogP) is -0.161. The SMILES string of the molecule is C=CCCOc1cc([B-](F)(F)F)ccc1F.[K+]. The number of halogens is 4. The summed E-state index contributed by atoms with van der Waals surface area (Å²) < 4.78 is 55.0. The average molecular weight is 272 g/mol. The molecule has 0 unspecified atom stereocenters. The molecule has 0 N–H and O–H groups in total. The van der Waals surface area contributed by atoms with Crippen LogP contribution in [0.2, 0.25) is 0 Å². The molecule has 0 radical (unpaired) electrons. The maximum atomic E-state index is 13.1. The van der Waals surface area contributed by atoms with E-state index in [0.717, 1.165) is 6.07 Å². The van der Waals surface area contributed by atoms with Crippen molar-refractivity contribution in [2.75, 3.05) is 6.61 Å². The van der Waals surface area contributed by atoms with Crippen molar-refractivity contribution in [2.24, 2.45) is 0 Å². The molecule has 7 heteroatoms. The Kier molecular flexibility index (Phi) is 7.66. The first-order valence-electron chi connectivity index (χ1n) is 4.68. The molecule has 0 saturated heterocycles. The fourth-order valence-corrected chi connectivity index (χ4v) is 1.09. The molecule has 1 rings (SSSR count). The van der Waals surface area contributed by atoms with Gasteiger partial charge in [-0.3, -0.25) is 0 Å². The van der Waals surface area contributed by atoms with Gasteiger partial charge in [0, 0.05) is 0 Å². The fraction of sp³-hybridized carbons (Fsp3) is 0.200. The van der Waals surface area contributed by atoms with E-state index in [-0.39, 0.29) is 63.7 Å². The van der Waals surface area contributed by atoms with E-state index in [1.54, 1.807) is 0 Å². The Morgan fingerprint density at radius 2 is 1.94 bits per heavy atom. The van der Waals surface area contributed by atoms with Crippen LogP contribution in [-0.4, -0.2) is 13.6 Å². The third-order valence-corrected chi connectivity index (χ3v) is 1.91. The molecule has 0 amide bonds. The second kappa shape index (κ2) is 7.58. The molecule has 17 heavy (non-hydrogen) atoms. The number of hydrogen-bond donors (Lipinski definition) is 0. The van der Waals surface area contributed by atoms with Crippen LogP contribution in [0.15, 0.2) is 30.9 Å². The Labute approximate surface area is 140 Å². The molecule has 1 aromatic rings. The van der Waals surface area contributed by atoms with Crippen molar-refractivity contribution in [1.82, 2.24) is 0 Å². The quantitative estimate of drug-likeness (QED) is 0.313. The van der Waals surface area contributed by atoms with Gasteiger partial charge in [0.2, 0.25) is 0 Å². The normalized spacial score (nSPS) is 10.6. The van der Waals surface area contributed by atoms with Crippen molar-refractivity contribution in [3.8, 4) is 5.75 Å². The van der Waals surface area contributed by atoms with E-state index in [2.05, 4.69) is 6.58 Å². The molecule has 0 bridgehead atoms. The molecule has 0 atom stereocenters. The molecule has 1 aromatic carbocycles. The van der Waals surface area contributed by atoms with Crippen molar-refractivity contribution < 1.29 is 73.5 Å². The molecular formula is C10H10BF4KO. The van der Waals surface area contributed by atoms with Gasteiger partial charge in [0.25, 0.3) is 0 Å². The van der Waals surface area contributed by atoms with Gasteiger partial charge < -0.3 is 17.7 Å². The maximum absolute atomic E-state index is 13.1. The van der Waals surface area contributed by atoms with Crippen molar-refractivity contribution in [3.63, 3.8) is 0 Å². The Hall–Kier alpha value is 0.181. The van der Waals surface area contributed by atoms with Gasteiger partial charge >= 0.3 is 58.4 Å². The summed E-state index contributed by atoms with van der Waals surface area (Å²) in [6.45, 7) is -1.60. The first-order valence-corrected chi connectivity index (χ1v) is 4.68. The van der Waals surface area contributed by atoms with Crippen molar-refractivity contribution in [1.29, 1.82) is 0 Å². The number of ether oxygens (including phenoxy) is 1. The average Bonchev–Trinajstić information content (AvgIpc) is 2.19. The molecule has 88 valence electrons. The van der Waals surface area contributed by atoms with E-state index >= 15 is 0 Å². The van der Waals surface area contributed by atoms with E-state index in [1.807, 2.05) is 0 Å². The summed E-state index contributed by atoms with van der Waals surface area (Å²) >= 11 is 0. The summed E-state index contributed by atoms with van der Waals surface area (Å²) in [4.78, 5) is 0. The molecule has 1 nitrogen and oxygen atoms in total. The second-order valence-electron chi connectivity index (χ2n) is 3.19.